The normalized spacial score (nSPS) is 15.6. The van der Waals surface area contributed by atoms with Gasteiger partial charge in [-0.1, -0.05) is 117 Å². The van der Waals surface area contributed by atoms with E-state index in [0.717, 1.165) is 0 Å². The fourth-order valence-corrected chi connectivity index (χ4v) is 5.73. The van der Waals surface area contributed by atoms with Gasteiger partial charge in [-0.05, 0) is 64.3 Å². The maximum atomic E-state index is 2.45. The molecular formula is C31H32. The molecule has 156 valence electrons. The average Bonchev–Trinajstić information content (AvgIpc) is 3.40. The highest BCUT2D eigenvalue weighted by Gasteiger charge is 2.45. The van der Waals surface area contributed by atoms with Crippen molar-refractivity contribution in [3.63, 3.8) is 0 Å². The van der Waals surface area contributed by atoms with Crippen LogP contribution >= 0.6 is 0 Å². The fraction of sp³-hybridized carbons (Fsp3) is 0.290. The standard InChI is InChI=1S/C22H20.C9H12/c1-15-8-10-18-20(14-15)22(12-4-5-13-22)19-11-9-16-6-2-3-7-17(16)21(18)19;1-8(2)9-6-4-3-5-7-9/h2-3,6-11,14H,4-5,12-13H2,1H3;3-8H,1-2H3. The Kier molecular flexibility index (Phi) is 5.18. The van der Waals surface area contributed by atoms with Crippen molar-refractivity contribution in [3.8, 4) is 11.1 Å². The molecule has 2 aliphatic rings. The summed E-state index contributed by atoms with van der Waals surface area (Å²) in [5, 5.41) is 2.79. The van der Waals surface area contributed by atoms with Gasteiger partial charge in [-0.15, -0.1) is 0 Å². The SMILES string of the molecule is CC(C)c1ccccc1.Cc1ccc2c(c1)C1(CCCC1)c1ccc3ccccc3c1-2. The molecule has 0 amide bonds. The maximum Gasteiger partial charge on any atom is 0.0215 e. The van der Waals surface area contributed by atoms with Crippen LogP contribution in [0.2, 0.25) is 0 Å². The third-order valence-corrected chi connectivity index (χ3v) is 7.33. The van der Waals surface area contributed by atoms with Crippen LogP contribution < -0.4 is 0 Å². The first-order valence-electron chi connectivity index (χ1n) is 11.8. The van der Waals surface area contributed by atoms with Crippen LogP contribution in [0.1, 0.15) is 67.7 Å². The number of benzene rings is 4. The van der Waals surface area contributed by atoms with Crippen molar-refractivity contribution >= 4 is 10.8 Å². The first-order chi connectivity index (χ1) is 15.1. The van der Waals surface area contributed by atoms with Crippen molar-refractivity contribution in [2.45, 2.75) is 57.8 Å². The molecule has 0 radical (unpaired) electrons. The average molecular weight is 405 g/mol. The predicted octanol–water partition coefficient (Wildman–Crippen LogP) is 8.80. The Morgan fingerprint density at radius 3 is 2.13 bits per heavy atom. The van der Waals surface area contributed by atoms with Crippen LogP contribution in [0.15, 0.2) is 84.9 Å². The Labute approximate surface area is 187 Å². The minimum Gasteiger partial charge on any atom is -0.0622 e. The van der Waals surface area contributed by atoms with Crippen LogP contribution in [-0.2, 0) is 5.41 Å². The van der Waals surface area contributed by atoms with Gasteiger partial charge >= 0.3 is 0 Å². The number of hydrogen-bond acceptors (Lipinski definition) is 0. The molecule has 1 spiro atoms. The largest absolute Gasteiger partial charge is 0.0622 e. The van der Waals surface area contributed by atoms with Gasteiger partial charge in [-0.25, -0.2) is 0 Å². The molecule has 0 heterocycles. The fourth-order valence-electron chi connectivity index (χ4n) is 5.73. The van der Waals surface area contributed by atoms with E-state index in [4.69, 9.17) is 0 Å². The van der Waals surface area contributed by atoms with Crippen LogP contribution in [0.4, 0.5) is 0 Å². The molecule has 0 unspecified atom stereocenters. The van der Waals surface area contributed by atoms with Gasteiger partial charge in [0, 0.05) is 5.41 Å². The Hall–Kier alpha value is -2.86. The second-order valence-electron chi connectivity index (χ2n) is 9.61. The molecule has 1 fully saturated rings. The van der Waals surface area contributed by atoms with Crippen LogP contribution in [0, 0.1) is 6.92 Å². The van der Waals surface area contributed by atoms with E-state index in [1.54, 1.807) is 11.1 Å². The minimum atomic E-state index is 0.292. The first kappa shape index (κ1) is 20.1. The van der Waals surface area contributed by atoms with Gasteiger partial charge in [0.2, 0.25) is 0 Å². The zero-order valence-corrected chi connectivity index (χ0v) is 19.0. The van der Waals surface area contributed by atoms with E-state index in [1.807, 2.05) is 6.07 Å². The van der Waals surface area contributed by atoms with Crippen molar-refractivity contribution in [2.75, 3.05) is 0 Å². The van der Waals surface area contributed by atoms with E-state index < -0.39 is 0 Å². The van der Waals surface area contributed by atoms with Crippen molar-refractivity contribution in [3.05, 3.63) is 107 Å². The summed E-state index contributed by atoms with van der Waals surface area (Å²) < 4.78 is 0. The topological polar surface area (TPSA) is 0 Å². The quantitative estimate of drug-likeness (QED) is 0.297. The van der Waals surface area contributed by atoms with Crippen LogP contribution in [0.25, 0.3) is 21.9 Å². The summed E-state index contributed by atoms with van der Waals surface area (Å²) in [7, 11) is 0. The lowest BCUT2D eigenvalue weighted by Crippen LogP contribution is -2.20. The maximum absolute atomic E-state index is 2.45. The Morgan fingerprint density at radius 2 is 1.42 bits per heavy atom. The molecular weight excluding hydrogens is 372 g/mol. The third kappa shape index (κ3) is 3.39. The molecule has 0 aromatic heterocycles. The summed E-state index contributed by atoms with van der Waals surface area (Å²) in [6.07, 6.45) is 5.35. The van der Waals surface area contributed by atoms with Gasteiger partial charge in [0.25, 0.3) is 0 Å². The smallest absolute Gasteiger partial charge is 0.0215 e. The molecule has 0 nitrogen and oxygen atoms in total. The molecule has 0 atom stereocenters. The summed E-state index contributed by atoms with van der Waals surface area (Å²) in [4.78, 5) is 0. The highest BCUT2D eigenvalue weighted by atomic mass is 14.5. The van der Waals surface area contributed by atoms with Gasteiger partial charge in [-0.2, -0.15) is 0 Å². The Bertz CT molecular complexity index is 1210. The summed E-state index contributed by atoms with van der Waals surface area (Å²) in [6.45, 7) is 6.63. The van der Waals surface area contributed by atoms with Crippen molar-refractivity contribution < 1.29 is 0 Å². The molecule has 2 aliphatic carbocycles. The number of fused-ring (bicyclic) bond motifs is 7. The molecule has 0 heteroatoms. The van der Waals surface area contributed by atoms with E-state index in [1.165, 1.54) is 58.7 Å². The van der Waals surface area contributed by atoms with Gasteiger partial charge < -0.3 is 0 Å². The van der Waals surface area contributed by atoms with Gasteiger partial charge in [0.15, 0.2) is 0 Å². The monoisotopic (exact) mass is 404 g/mol. The minimum absolute atomic E-state index is 0.292. The number of hydrogen-bond donors (Lipinski definition) is 0. The van der Waals surface area contributed by atoms with E-state index in [9.17, 15) is 0 Å². The van der Waals surface area contributed by atoms with Crippen molar-refractivity contribution in [1.29, 1.82) is 0 Å². The molecule has 1 saturated carbocycles. The van der Waals surface area contributed by atoms with Gasteiger partial charge in [0.1, 0.15) is 0 Å². The lowest BCUT2D eigenvalue weighted by Gasteiger charge is -2.27. The van der Waals surface area contributed by atoms with Crippen LogP contribution in [0.3, 0.4) is 0 Å². The molecule has 4 aromatic carbocycles. The highest BCUT2D eigenvalue weighted by Crippen LogP contribution is 2.58. The number of aryl methyl sites for hydroxylation is 1. The summed E-state index contributed by atoms with van der Waals surface area (Å²) in [6, 6.07) is 31.2. The van der Waals surface area contributed by atoms with E-state index in [-0.39, 0.29) is 0 Å². The van der Waals surface area contributed by atoms with E-state index in [0.29, 0.717) is 11.3 Å². The van der Waals surface area contributed by atoms with E-state index in [2.05, 4.69) is 99.6 Å². The first-order valence-corrected chi connectivity index (χ1v) is 11.8. The molecule has 0 N–H and O–H groups in total. The number of rotatable bonds is 1. The molecule has 4 aromatic rings. The van der Waals surface area contributed by atoms with E-state index >= 15 is 0 Å². The van der Waals surface area contributed by atoms with Crippen LogP contribution in [-0.4, -0.2) is 0 Å². The third-order valence-electron chi connectivity index (χ3n) is 7.33. The van der Waals surface area contributed by atoms with Crippen LogP contribution in [0.5, 0.6) is 0 Å². The zero-order chi connectivity index (χ0) is 21.4. The summed E-state index contributed by atoms with van der Waals surface area (Å²) >= 11 is 0. The molecule has 31 heavy (non-hydrogen) atoms. The molecule has 0 aliphatic heterocycles. The van der Waals surface area contributed by atoms with Gasteiger partial charge in [0.05, 0.1) is 0 Å². The zero-order valence-electron chi connectivity index (χ0n) is 19.0. The van der Waals surface area contributed by atoms with Crippen molar-refractivity contribution in [1.82, 2.24) is 0 Å². The lowest BCUT2D eigenvalue weighted by atomic mass is 9.76. The van der Waals surface area contributed by atoms with Gasteiger partial charge in [-0.3, -0.25) is 0 Å². The highest BCUT2D eigenvalue weighted by molar-refractivity contribution is 6.02. The Morgan fingerprint density at radius 1 is 0.710 bits per heavy atom. The summed E-state index contributed by atoms with van der Waals surface area (Å²) in [5.41, 5.74) is 9.27. The summed E-state index contributed by atoms with van der Waals surface area (Å²) in [5.74, 6) is 0.659. The second kappa shape index (κ2) is 8.00. The Balaban J connectivity index is 0.000000192. The lowest BCUT2D eigenvalue weighted by molar-refractivity contribution is 0.550. The second-order valence-corrected chi connectivity index (χ2v) is 9.61. The molecule has 0 saturated heterocycles. The molecule has 0 bridgehead atoms. The molecule has 6 rings (SSSR count). The van der Waals surface area contributed by atoms with Crippen molar-refractivity contribution in [2.24, 2.45) is 0 Å². The predicted molar refractivity (Wildman–Crippen MR) is 134 cm³/mol.